The van der Waals surface area contributed by atoms with Crippen LogP contribution in [0.5, 0.6) is 0 Å². The molecule has 3 rings (SSSR count). The van der Waals surface area contributed by atoms with Crippen LogP contribution >= 0.6 is 0 Å². The number of aryl methyl sites for hydroxylation is 1. The maximum absolute atomic E-state index is 14.4. The fourth-order valence-corrected chi connectivity index (χ4v) is 10.2. The average molecular weight is 1280 g/mol. The molecule has 11 amide bonds. The number of nitrogens with two attached hydrogens (primary N) is 2. The Morgan fingerprint density at radius 2 is 1.15 bits per heavy atom. The van der Waals surface area contributed by atoms with Crippen molar-refractivity contribution in [3.8, 4) is 0 Å². The Bertz CT molecular complexity index is 2710. The normalized spacial score (nSPS) is 23.1. The fourth-order valence-electron chi connectivity index (χ4n) is 10.2. The molecule has 2 fully saturated rings. The predicted molar refractivity (Wildman–Crippen MR) is 336 cm³/mol. The fraction of sp³-hybridized carbons (Fsp3) is 0.689. The number of guanidine groups is 1. The summed E-state index contributed by atoms with van der Waals surface area (Å²) >= 11 is 0. The number of aliphatic hydroxyl groups excluding tert-OH is 2. The van der Waals surface area contributed by atoms with E-state index >= 15 is 0 Å². The van der Waals surface area contributed by atoms with Gasteiger partial charge in [-0.3, -0.25) is 57.7 Å². The van der Waals surface area contributed by atoms with Gasteiger partial charge in [0.1, 0.15) is 66.0 Å². The van der Waals surface area contributed by atoms with Gasteiger partial charge in [0.2, 0.25) is 65.0 Å². The van der Waals surface area contributed by atoms with Gasteiger partial charge >= 0.3 is 5.97 Å². The lowest BCUT2D eigenvalue weighted by Gasteiger charge is -2.31. The van der Waals surface area contributed by atoms with Gasteiger partial charge in [-0.15, -0.1) is 0 Å². The first-order chi connectivity index (χ1) is 43.0. The predicted octanol–water partition coefficient (Wildman–Crippen LogP) is -3.23. The van der Waals surface area contributed by atoms with E-state index in [0.717, 1.165) is 5.56 Å². The van der Waals surface area contributed by atoms with E-state index in [2.05, 4.69) is 68.8 Å². The van der Waals surface area contributed by atoms with Crippen molar-refractivity contribution < 1.29 is 72.5 Å². The highest BCUT2D eigenvalue weighted by Crippen LogP contribution is 2.46. The topological polar surface area (TPSA) is 463 Å². The van der Waals surface area contributed by atoms with Crippen LogP contribution in [0.25, 0.3) is 0 Å². The summed E-state index contributed by atoms with van der Waals surface area (Å²) in [5.74, 6) is -13.2. The number of benzene rings is 1. The second-order valence-electron chi connectivity index (χ2n) is 23.9. The number of aliphatic hydroxyl groups is 2. The van der Waals surface area contributed by atoms with Crippen molar-refractivity contribution >= 4 is 76.9 Å². The van der Waals surface area contributed by atoms with Gasteiger partial charge in [-0.25, -0.2) is 4.79 Å². The van der Waals surface area contributed by atoms with E-state index < -0.39 is 199 Å². The average Bonchev–Trinajstić information content (AvgIpc) is 1.67. The Balaban J connectivity index is 1.84. The molecule has 1 aromatic carbocycles. The molecule has 17 atom stereocenters. The van der Waals surface area contributed by atoms with Crippen LogP contribution in [0.15, 0.2) is 35.3 Å². The van der Waals surface area contributed by atoms with Gasteiger partial charge in [-0.05, 0) is 88.2 Å². The van der Waals surface area contributed by atoms with Gasteiger partial charge in [-0.2, -0.15) is 0 Å². The van der Waals surface area contributed by atoms with Crippen LogP contribution in [-0.4, -0.2) is 193 Å². The molecular weight excluding hydrogens is 1180 g/mol. The SMILES string of the molecule is CC[C@H](C)[C@H](NC(=O)[C@@H](CCc1ccccc1)NC)C(=O)N[C@@H](CO)C(=O)N[C@H](CCC(N)=O)C(=O)N[C@@H](C(=O)N[C@H](C(=O)N[C@@H](CO)C(=O)N[C@H]1C(=O)N[C@@H](C)C(=O)NC2(C[C@H]2CCNC(N)=NC)C(=O)N[C@@H]([C@@H](C)CC)C(=O)O[C@H]1C)[C@@H](C)CC)[C@@H](C)CC. The lowest BCUT2D eigenvalue weighted by molar-refractivity contribution is -0.157. The van der Waals surface area contributed by atoms with Crippen LogP contribution < -0.4 is 75.3 Å². The number of carbonyl (C=O) groups excluding carboxylic acids is 12. The Labute approximate surface area is 532 Å². The maximum atomic E-state index is 14.4. The molecule has 91 heavy (non-hydrogen) atoms. The van der Waals surface area contributed by atoms with E-state index in [1.54, 1.807) is 62.4 Å². The molecule has 1 spiro atoms. The van der Waals surface area contributed by atoms with E-state index in [-0.39, 0.29) is 25.2 Å². The molecule has 18 N–H and O–H groups in total. The number of esters is 1. The van der Waals surface area contributed by atoms with E-state index in [1.165, 1.54) is 20.9 Å². The second-order valence-corrected chi connectivity index (χ2v) is 23.9. The van der Waals surface area contributed by atoms with Crippen molar-refractivity contribution in [1.29, 1.82) is 0 Å². The van der Waals surface area contributed by atoms with Crippen molar-refractivity contribution in [2.75, 3.05) is 33.9 Å². The van der Waals surface area contributed by atoms with Crippen molar-refractivity contribution in [2.24, 2.45) is 46.0 Å². The Morgan fingerprint density at radius 1 is 0.659 bits per heavy atom. The number of aliphatic imine (C=N–C) groups is 1. The molecule has 1 saturated heterocycles. The molecular formula is C61H101N15O15. The minimum absolute atomic E-state index is 0.165. The standard InChI is InChI=1S/C61H101N15O15/c1-13-31(5)44(71-50(81)39(64-11)23-22-37-20-18-17-19-21-37)54(85)69-41(29-77)52(83)68-40(24-25-43(62)79)51(82)72-46(33(7)15-3)56(87)73-45(32(6)14-2)55(86)70-42(30-78)53(84)74-48-36(10)91-58(89)47(34(8)16-4)75-59(90)61(76-49(80)35(9)67-57(48)88)28-38(61)26-27-66-60(63)65-12/h17-21,31-36,38-42,44-48,64,77-78H,13-16,22-30H2,1-12H3,(H2,62,79)(H,67,88)(H,68,83)(H,69,85)(H,70,86)(H,71,81)(H,72,82)(H,73,87)(H,74,84)(H,75,90)(H,76,80)(H3,63,65,66)/t31-,32-,33-,34-,35-,36-,38+,39+,40+,41-,42-,44-,45-,46+,47-,48+,61?/m0/s1. The molecule has 1 aliphatic carbocycles. The highest BCUT2D eigenvalue weighted by molar-refractivity contribution is 6.01. The highest BCUT2D eigenvalue weighted by atomic mass is 16.5. The second kappa shape index (κ2) is 37.4. The molecule has 1 unspecified atom stereocenters. The molecule has 0 bridgehead atoms. The summed E-state index contributed by atoms with van der Waals surface area (Å²) in [5, 5.41) is 52.7. The molecule has 2 aliphatic rings. The first-order valence-electron chi connectivity index (χ1n) is 31.4. The lowest BCUT2D eigenvalue weighted by Crippen LogP contribution is -2.63. The van der Waals surface area contributed by atoms with Gasteiger partial charge < -0.3 is 90.2 Å². The van der Waals surface area contributed by atoms with Gasteiger partial charge in [0.25, 0.3) is 0 Å². The van der Waals surface area contributed by atoms with Gasteiger partial charge in [0.05, 0.1) is 19.3 Å². The summed E-state index contributed by atoms with van der Waals surface area (Å²) in [5.41, 5.74) is 10.8. The third kappa shape index (κ3) is 22.7. The summed E-state index contributed by atoms with van der Waals surface area (Å²) in [6.45, 7) is 14.5. The number of cyclic esters (lactones) is 1. The van der Waals surface area contributed by atoms with Crippen LogP contribution in [0.1, 0.15) is 133 Å². The molecule has 1 heterocycles. The first-order valence-corrected chi connectivity index (χ1v) is 31.4. The number of ether oxygens (including phenoxy) is 1. The first kappa shape index (κ1) is 77.3. The lowest BCUT2D eigenvalue weighted by atomic mass is 9.94. The van der Waals surface area contributed by atoms with E-state index in [9.17, 15) is 67.7 Å². The minimum atomic E-state index is -1.82. The number of hydrogen-bond acceptors (Lipinski definition) is 17. The molecule has 30 nitrogen and oxygen atoms in total. The van der Waals surface area contributed by atoms with Crippen LogP contribution in [-0.2, 0) is 68.7 Å². The third-order valence-corrected chi connectivity index (χ3v) is 17.3. The van der Waals surface area contributed by atoms with E-state index in [0.29, 0.717) is 38.6 Å². The van der Waals surface area contributed by atoms with Crippen LogP contribution in [0.4, 0.5) is 0 Å². The Kier molecular flexibility index (Phi) is 31.7. The maximum Gasteiger partial charge on any atom is 0.329 e. The summed E-state index contributed by atoms with van der Waals surface area (Å²) in [4.78, 5) is 170. The largest absolute Gasteiger partial charge is 0.458 e. The number of primary amides is 1. The highest BCUT2D eigenvalue weighted by Gasteiger charge is 2.61. The van der Waals surface area contributed by atoms with Crippen LogP contribution in [0, 0.1) is 29.6 Å². The van der Waals surface area contributed by atoms with E-state index in [1.807, 2.05) is 30.3 Å². The molecule has 0 radical (unpaired) electrons. The molecule has 30 heteroatoms. The van der Waals surface area contributed by atoms with Crippen molar-refractivity contribution in [3.63, 3.8) is 0 Å². The number of hydrogen-bond donors (Lipinski definition) is 16. The van der Waals surface area contributed by atoms with Gasteiger partial charge in [0.15, 0.2) is 5.96 Å². The van der Waals surface area contributed by atoms with Crippen molar-refractivity contribution in [3.05, 3.63) is 35.9 Å². The molecule has 510 valence electrons. The molecule has 1 aliphatic heterocycles. The molecule has 1 saturated carbocycles. The Morgan fingerprint density at radius 3 is 1.65 bits per heavy atom. The number of rotatable bonds is 34. The third-order valence-electron chi connectivity index (χ3n) is 17.3. The zero-order chi connectivity index (χ0) is 68.4. The number of likely N-dealkylation sites (N-methyl/N-ethyl adjacent to an activating group) is 1. The van der Waals surface area contributed by atoms with Crippen molar-refractivity contribution in [1.82, 2.24) is 63.8 Å². The van der Waals surface area contributed by atoms with Gasteiger partial charge in [0, 0.05) is 20.0 Å². The van der Waals surface area contributed by atoms with Crippen molar-refractivity contribution in [2.45, 2.75) is 206 Å². The number of nitrogens with zero attached hydrogens (tertiary/aromatic N) is 1. The molecule has 1 aromatic rings. The van der Waals surface area contributed by atoms with Crippen LogP contribution in [0.2, 0.25) is 0 Å². The summed E-state index contributed by atoms with van der Waals surface area (Å²) in [7, 11) is 3.11. The van der Waals surface area contributed by atoms with E-state index in [4.69, 9.17) is 16.2 Å². The summed E-state index contributed by atoms with van der Waals surface area (Å²) in [6, 6.07) is -4.73. The quantitative estimate of drug-likeness (QED) is 0.0183. The summed E-state index contributed by atoms with van der Waals surface area (Å²) < 4.78 is 5.78. The smallest absolute Gasteiger partial charge is 0.329 e. The van der Waals surface area contributed by atoms with Gasteiger partial charge in [-0.1, -0.05) is 111 Å². The summed E-state index contributed by atoms with van der Waals surface area (Å²) in [6.07, 6.45) is 0.498. The molecule has 0 aromatic heterocycles. The number of amides is 11. The number of carbonyl (C=O) groups is 12. The Hall–Kier alpha value is -7.99. The zero-order valence-electron chi connectivity index (χ0n) is 54.6. The minimum Gasteiger partial charge on any atom is -0.458 e. The van der Waals surface area contributed by atoms with Crippen LogP contribution in [0.3, 0.4) is 0 Å². The zero-order valence-corrected chi connectivity index (χ0v) is 54.6. The number of nitrogens with one attached hydrogen (secondary N) is 12. The monoisotopic (exact) mass is 1280 g/mol.